The van der Waals surface area contributed by atoms with Crippen molar-refractivity contribution in [2.24, 2.45) is 0 Å². The number of hydrogen-bond donors (Lipinski definition) is 2. The predicted octanol–water partition coefficient (Wildman–Crippen LogP) is 0.968. The molecule has 2 N–H and O–H groups in total. The van der Waals surface area contributed by atoms with Crippen molar-refractivity contribution in [1.82, 2.24) is 9.62 Å². The lowest BCUT2D eigenvalue weighted by Gasteiger charge is -2.23. The molecule has 1 aromatic carbocycles. The molecular formula is C13H22N2O3S. The summed E-state index contributed by atoms with van der Waals surface area (Å²) in [5.74, 6) is 0. The van der Waals surface area contributed by atoms with Gasteiger partial charge in [0, 0.05) is 19.1 Å². The van der Waals surface area contributed by atoms with E-state index in [0.29, 0.717) is 0 Å². The van der Waals surface area contributed by atoms with Crippen molar-refractivity contribution < 1.29 is 13.5 Å². The zero-order valence-corrected chi connectivity index (χ0v) is 12.6. The molecule has 1 aromatic rings. The predicted molar refractivity (Wildman–Crippen MR) is 75.4 cm³/mol. The maximum atomic E-state index is 12.4. The average Bonchev–Trinajstić information content (AvgIpc) is 2.44. The third-order valence-corrected chi connectivity index (χ3v) is 5.32. The van der Waals surface area contributed by atoms with Crippen molar-refractivity contribution in [1.29, 1.82) is 0 Å². The van der Waals surface area contributed by atoms with Crippen LogP contribution in [0.4, 0.5) is 0 Å². The molecule has 0 aromatic heterocycles. The second-order valence-electron chi connectivity index (χ2n) is 4.64. The number of sulfonamides is 1. The second kappa shape index (κ2) is 6.47. The first kappa shape index (κ1) is 16.1. The van der Waals surface area contributed by atoms with E-state index in [1.165, 1.54) is 11.4 Å². The standard InChI is InChI=1S/C13H22N2O3S/c1-10(9-16)15(4)19(17,18)13-7-5-6-12(8-13)11(2)14-3/h5-8,10-11,14,16H,9H2,1-4H3. The third-order valence-electron chi connectivity index (χ3n) is 3.35. The SMILES string of the molecule is CNC(C)c1cccc(S(=O)(=O)N(C)C(C)CO)c1. The smallest absolute Gasteiger partial charge is 0.243 e. The van der Waals surface area contributed by atoms with Gasteiger partial charge in [0.2, 0.25) is 10.0 Å². The maximum absolute atomic E-state index is 12.4. The van der Waals surface area contributed by atoms with Gasteiger partial charge in [0.1, 0.15) is 0 Å². The Morgan fingerprint density at radius 1 is 1.37 bits per heavy atom. The first-order valence-electron chi connectivity index (χ1n) is 6.20. The Morgan fingerprint density at radius 3 is 2.53 bits per heavy atom. The van der Waals surface area contributed by atoms with Gasteiger partial charge in [-0.3, -0.25) is 0 Å². The number of likely N-dealkylation sites (N-methyl/N-ethyl adjacent to an activating group) is 1. The van der Waals surface area contributed by atoms with E-state index in [-0.39, 0.29) is 17.5 Å². The molecule has 0 saturated carbocycles. The highest BCUT2D eigenvalue weighted by atomic mass is 32.2. The van der Waals surface area contributed by atoms with Crippen molar-refractivity contribution >= 4 is 10.0 Å². The maximum Gasteiger partial charge on any atom is 0.243 e. The third kappa shape index (κ3) is 3.54. The van der Waals surface area contributed by atoms with Gasteiger partial charge in [-0.15, -0.1) is 0 Å². The van der Waals surface area contributed by atoms with Gasteiger partial charge in [-0.25, -0.2) is 8.42 Å². The normalized spacial score (nSPS) is 15.5. The van der Waals surface area contributed by atoms with Gasteiger partial charge < -0.3 is 10.4 Å². The molecule has 2 unspecified atom stereocenters. The van der Waals surface area contributed by atoms with Crippen molar-refractivity contribution in [3.05, 3.63) is 29.8 Å². The van der Waals surface area contributed by atoms with Crippen molar-refractivity contribution in [3.8, 4) is 0 Å². The van der Waals surface area contributed by atoms with E-state index < -0.39 is 16.1 Å². The fraction of sp³-hybridized carbons (Fsp3) is 0.538. The first-order chi connectivity index (χ1) is 8.84. The van der Waals surface area contributed by atoms with Gasteiger partial charge in [0.25, 0.3) is 0 Å². The molecule has 19 heavy (non-hydrogen) atoms. The summed E-state index contributed by atoms with van der Waals surface area (Å²) < 4.78 is 26.0. The van der Waals surface area contributed by atoms with E-state index in [2.05, 4.69) is 5.32 Å². The molecule has 0 bridgehead atoms. The molecule has 0 saturated heterocycles. The van der Waals surface area contributed by atoms with Gasteiger partial charge in [0.05, 0.1) is 11.5 Å². The highest BCUT2D eigenvalue weighted by Crippen LogP contribution is 2.20. The number of hydrogen-bond acceptors (Lipinski definition) is 4. The van der Waals surface area contributed by atoms with Crippen LogP contribution in [0.3, 0.4) is 0 Å². The first-order valence-corrected chi connectivity index (χ1v) is 7.64. The summed E-state index contributed by atoms with van der Waals surface area (Å²) in [6, 6.07) is 6.48. The molecule has 0 heterocycles. The van der Waals surface area contributed by atoms with Crippen molar-refractivity contribution in [3.63, 3.8) is 0 Å². The highest BCUT2D eigenvalue weighted by Gasteiger charge is 2.25. The van der Waals surface area contributed by atoms with Crippen LogP contribution in [0, 0.1) is 0 Å². The summed E-state index contributed by atoms with van der Waals surface area (Å²) in [5, 5.41) is 12.2. The van der Waals surface area contributed by atoms with E-state index in [1.807, 2.05) is 20.0 Å². The Bertz CT molecular complexity index is 516. The fourth-order valence-corrected chi connectivity index (χ4v) is 3.04. The molecule has 1 rings (SSSR count). The van der Waals surface area contributed by atoms with Gasteiger partial charge >= 0.3 is 0 Å². The van der Waals surface area contributed by atoms with Gasteiger partial charge in [-0.1, -0.05) is 12.1 Å². The average molecular weight is 286 g/mol. The summed E-state index contributed by atoms with van der Waals surface area (Å²) in [4.78, 5) is 0.245. The zero-order valence-electron chi connectivity index (χ0n) is 11.8. The minimum Gasteiger partial charge on any atom is -0.395 e. The fourth-order valence-electron chi connectivity index (χ4n) is 1.63. The van der Waals surface area contributed by atoms with Crippen LogP contribution >= 0.6 is 0 Å². The molecule has 0 fully saturated rings. The number of aliphatic hydroxyl groups is 1. The number of rotatable bonds is 6. The summed E-state index contributed by atoms with van der Waals surface area (Å²) in [6.45, 7) is 3.42. The Morgan fingerprint density at radius 2 is 2.00 bits per heavy atom. The lowest BCUT2D eigenvalue weighted by molar-refractivity contribution is 0.214. The van der Waals surface area contributed by atoms with E-state index in [0.717, 1.165) is 5.56 Å². The number of benzene rings is 1. The lowest BCUT2D eigenvalue weighted by Crippen LogP contribution is -2.37. The Kier molecular flexibility index (Phi) is 5.49. The number of nitrogens with one attached hydrogen (secondary N) is 1. The van der Waals surface area contributed by atoms with Crippen LogP contribution in [0.1, 0.15) is 25.5 Å². The minimum atomic E-state index is -3.57. The van der Waals surface area contributed by atoms with E-state index in [4.69, 9.17) is 5.11 Å². The van der Waals surface area contributed by atoms with Crippen LogP contribution in [0.5, 0.6) is 0 Å². The van der Waals surface area contributed by atoms with Crippen molar-refractivity contribution in [2.75, 3.05) is 20.7 Å². The van der Waals surface area contributed by atoms with Crippen LogP contribution in [-0.4, -0.2) is 44.6 Å². The van der Waals surface area contributed by atoms with Crippen molar-refractivity contribution in [2.45, 2.75) is 30.8 Å². The summed E-state index contributed by atoms with van der Waals surface area (Å²) >= 11 is 0. The highest BCUT2D eigenvalue weighted by molar-refractivity contribution is 7.89. The molecule has 5 nitrogen and oxygen atoms in total. The Hall–Kier alpha value is -0.950. The molecule has 0 spiro atoms. The van der Waals surface area contributed by atoms with Crippen LogP contribution in [0.15, 0.2) is 29.2 Å². The molecule has 6 heteroatoms. The number of aliphatic hydroxyl groups excluding tert-OH is 1. The monoisotopic (exact) mass is 286 g/mol. The Balaban J connectivity index is 3.15. The minimum absolute atomic E-state index is 0.0794. The molecule has 0 amide bonds. The van der Waals surface area contributed by atoms with Crippen LogP contribution in [-0.2, 0) is 10.0 Å². The lowest BCUT2D eigenvalue weighted by atomic mass is 10.1. The van der Waals surface area contributed by atoms with E-state index >= 15 is 0 Å². The summed E-state index contributed by atoms with van der Waals surface area (Å²) in [5.41, 5.74) is 0.911. The molecule has 0 aliphatic carbocycles. The summed E-state index contributed by atoms with van der Waals surface area (Å²) in [6.07, 6.45) is 0. The Labute approximate surface area is 115 Å². The summed E-state index contributed by atoms with van der Waals surface area (Å²) in [7, 11) is -0.267. The molecule has 0 aliphatic heterocycles. The quantitative estimate of drug-likeness (QED) is 0.817. The van der Waals surface area contributed by atoms with E-state index in [9.17, 15) is 8.42 Å². The molecule has 0 radical (unpaired) electrons. The molecular weight excluding hydrogens is 264 g/mol. The number of nitrogens with zero attached hydrogens (tertiary/aromatic N) is 1. The topological polar surface area (TPSA) is 69.6 Å². The van der Waals surface area contributed by atoms with E-state index in [1.54, 1.807) is 25.1 Å². The van der Waals surface area contributed by atoms with Crippen LogP contribution in [0.25, 0.3) is 0 Å². The van der Waals surface area contributed by atoms with Crippen LogP contribution < -0.4 is 5.32 Å². The van der Waals surface area contributed by atoms with Crippen LogP contribution in [0.2, 0.25) is 0 Å². The van der Waals surface area contributed by atoms with Gasteiger partial charge in [-0.2, -0.15) is 4.31 Å². The second-order valence-corrected chi connectivity index (χ2v) is 6.63. The molecule has 2 atom stereocenters. The molecule has 108 valence electrons. The molecule has 0 aliphatic rings. The zero-order chi connectivity index (χ0) is 14.6. The largest absolute Gasteiger partial charge is 0.395 e. The van der Waals surface area contributed by atoms with Gasteiger partial charge in [0.15, 0.2) is 0 Å². The van der Waals surface area contributed by atoms with Gasteiger partial charge in [-0.05, 0) is 38.6 Å².